The Hall–Kier alpha value is -0.970. The topological polar surface area (TPSA) is 64.6 Å². The van der Waals surface area contributed by atoms with Gasteiger partial charge >= 0.3 is 12.1 Å². The summed E-state index contributed by atoms with van der Waals surface area (Å²) in [5.74, 6) is -0.149. The first-order valence-electron chi connectivity index (χ1n) is 11.8. The van der Waals surface area contributed by atoms with Crippen LogP contribution in [0.3, 0.4) is 0 Å². The van der Waals surface area contributed by atoms with E-state index in [0.29, 0.717) is 13.0 Å². The molecule has 0 rings (SSSR count). The van der Waals surface area contributed by atoms with Crippen molar-refractivity contribution in [3.8, 4) is 0 Å². The molecule has 0 aliphatic rings. The molecule has 0 heterocycles. The number of alkyl carbamates (subject to hydrolysis) is 1. The second kappa shape index (κ2) is 21.7. The van der Waals surface area contributed by atoms with Gasteiger partial charge < -0.3 is 14.8 Å². The summed E-state index contributed by atoms with van der Waals surface area (Å²) >= 11 is 5.48. The minimum Gasteiger partial charge on any atom is -0.464 e. The van der Waals surface area contributed by atoms with E-state index in [-0.39, 0.29) is 18.5 Å². The summed E-state index contributed by atoms with van der Waals surface area (Å²) in [4.78, 5) is 23.7. The molecule has 0 fully saturated rings. The molecule has 1 atom stereocenters. The predicted octanol–water partition coefficient (Wildman–Crippen LogP) is 6.75. The van der Waals surface area contributed by atoms with E-state index in [9.17, 15) is 9.59 Å². The van der Waals surface area contributed by atoms with Crippen molar-refractivity contribution in [2.24, 2.45) is 0 Å². The molecule has 1 unspecified atom stereocenters. The van der Waals surface area contributed by atoms with E-state index in [2.05, 4.69) is 12.2 Å². The molecule has 172 valence electrons. The van der Waals surface area contributed by atoms with Gasteiger partial charge in [0.15, 0.2) is 0 Å². The molecule has 5 nitrogen and oxygen atoms in total. The number of unbranched alkanes of at least 4 members (excludes halogenated alkanes) is 12. The Morgan fingerprint density at radius 3 is 1.72 bits per heavy atom. The monoisotopic (exact) mass is 433 g/mol. The lowest BCUT2D eigenvalue weighted by molar-refractivity contribution is -0.146. The number of alkyl halides is 1. The minimum absolute atomic E-state index is 0.125. The van der Waals surface area contributed by atoms with Crippen LogP contribution in [0, 0.1) is 0 Å². The highest BCUT2D eigenvalue weighted by Gasteiger charge is 2.21. The zero-order chi connectivity index (χ0) is 21.6. The average Bonchev–Trinajstić information content (AvgIpc) is 2.72. The van der Waals surface area contributed by atoms with Gasteiger partial charge in [0.1, 0.15) is 12.6 Å². The molecule has 6 heteroatoms. The Kier molecular flexibility index (Phi) is 21.0. The van der Waals surface area contributed by atoms with Crippen molar-refractivity contribution in [2.75, 3.05) is 19.1 Å². The first-order valence-corrected chi connectivity index (χ1v) is 12.3. The number of carbonyl (C=O) groups excluding carboxylic acids is 2. The van der Waals surface area contributed by atoms with Crippen LogP contribution in [0.2, 0.25) is 0 Å². The van der Waals surface area contributed by atoms with Crippen molar-refractivity contribution >= 4 is 23.7 Å². The van der Waals surface area contributed by atoms with Crippen LogP contribution in [-0.4, -0.2) is 37.2 Å². The van der Waals surface area contributed by atoms with E-state index in [1.54, 1.807) is 0 Å². The second-order valence-electron chi connectivity index (χ2n) is 7.72. The number of rotatable bonds is 20. The lowest BCUT2D eigenvalue weighted by atomic mass is 10.0. The molecule has 0 spiro atoms. The first kappa shape index (κ1) is 28.0. The van der Waals surface area contributed by atoms with Crippen LogP contribution < -0.4 is 5.32 Å². The van der Waals surface area contributed by atoms with Gasteiger partial charge in [-0.05, 0) is 12.8 Å². The van der Waals surface area contributed by atoms with Crippen LogP contribution in [0.1, 0.15) is 110 Å². The van der Waals surface area contributed by atoms with Gasteiger partial charge in [-0.1, -0.05) is 97.3 Å². The third-order valence-electron chi connectivity index (χ3n) is 4.96. The highest BCUT2D eigenvalue weighted by Crippen LogP contribution is 2.12. The number of hydrogen-bond acceptors (Lipinski definition) is 4. The van der Waals surface area contributed by atoms with Crippen LogP contribution in [0.15, 0.2) is 0 Å². The molecular weight excluding hydrogens is 390 g/mol. The van der Waals surface area contributed by atoms with Gasteiger partial charge in [0, 0.05) is 0 Å². The molecule has 0 radical (unpaired) electrons. The molecule has 0 aliphatic heterocycles. The number of halogens is 1. The van der Waals surface area contributed by atoms with E-state index in [0.717, 1.165) is 19.3 Å². The van der Waals surface area contributed by atoms with Crippen LogP contribution >= 0.6 is 11.6 Å². The maximum Gasteiger partial charge on any atom is 0.407 e. The number of ether oxygens (including phenoxy) is 2. The standard InChI is InChI=1S/C23H44ClNO4/c1-3-5-6-7-8-9-10-11-12-13-14-15-16-19-28-22(26)21(17-4-2)25-23(27)29-20-18-24/h21H,3-20H2,1-2H3,(H,25,27). The Morgan fingerprint density at radius 2 is 1.24 bits per heavy atom. The summed E-state index contributed by atoms with van der Waals surface area (Å²) < 4.78 is 10.2. The average molecular weight is 434 g/mol. The van der Waals surface area contributed by atoms with Crippen LogP contribution in [0.5, 0.6) is 0 Å². The van der Waals surface area contributed by atoms with Crippen LogP contribution in [0.4, 0.5) is 4.79 Å². The first-order chi connectivity index (χ1) is 14.2. The lowest BCUT2D eigenvalue weighted by Gasteiger charge is -2.16. The highest BCUT2D eigenvalue weighted by molar-refractivity contribution is 6.18. The molecule has 1 amide bonds. The highest BCUT2D eigenvalue weighted by atomic mass is 35.5. The van der Waals surface area contributed by atoms with Crippen molar-refractivity contribution in [3.63, 3.8) is 0 Å². The van der Waals surface area contributed by atoms with Gasteiger partial charge in [-0.15, -0.1) is 11.6 Å². The maximum atomic E-state index is 12.1. The quantitative estimate of drug-likeness (QED) is 0.131. The molecule has 0 saturated heterocycles. The Bertz CT molecular complexity index is 393. The molecule has 0 aromatic rings. The summed E-state index contributed by atoms with van der Waals surface area (Å²) in [6, 6.07) is -0.648. The van der Waals surface area contributed by atoms with Gasteiger partial charge in [-0.3, -0.25) is 0 Å². The number of hydrogen-bond donors (Lipinski definition) is 1. The van der Waals surface area contributed by atoms with Gasteiger partial charge in [-0.25, -0.2) is 9.59 Å². The smallest absolute Gasteiger partial charge is 0.407 e. The fraction of sp³-hybridized carbons (Fsp3) is 0.913. The van der Waals surface area contributed by atoms with Gasteiger partial charge in [-0.2, -0.15) is 0 Å². The second-order valence-corrected chi connectivity index (χ2v) is 8.10. The lowest BCUT2D eigenvalue weighted by Crippen LogP contribution is -2.42. The maximum absolute atomic E-state index is 12.1. The molecule has 1 N–H and O–H groups in total. The van der Waals surface area contributed by atoms with E-state index >= 15 is 0 Å². The Balaban J connectivity index is 3.59. The third-order valence-corrected chi connectivity index (χ3v) is 5.11. The fourth-order valence-corrected chi connectivity index (χ4v) is 3.32. The minimum atomic E-state index is -0.648. The summed E-state index contributed by atoms with van der Waals surface area (Å²) in [5.41, 5.74) is 0. The Morgan fingerprint density at radius 1 is 0.724 bits per heavy atom. The van der Waals surface area contributed by atoms with Crippen molar-refractivity contribution in [1.29, 1.82) is 0 Å². The number of carbonyl (C=O) groups is 2. The third kappa shape index (κ3) is 18.8. The zero-order valence-corrected chi connectivity index (χ0v) is 19.6. The fourth-order valence-electron chi connectivity index (χ4n) is 3.25. The Labute approximate surface area is 183 Å². The summed E-state index contributed by atoms with van der Waals surface area (Å²) in [7, 11) is 0. The number of amides is 1. The van der Waals surface area contributed by atoms with Gasteiger partial charge in [0.25, 0.3) is 0 Å². The van der Waals surface area contributed by atoms with Gasteiger partial charge in [0.2, 0.25) is 0 Å². The molecule has 0 aromatic carbocycles. The molecule has 0 aliphatic carbocycles. The van der Waals surface area contributed by atoms with Crippen molar-refractivity contribution in [3.05, 3.63) is 0 Å². The molecule has 0 aromatic heterocycles. The largest absolute Gasteiger partial charge is 0.464 e. The van der Waals surface area contributed by atoms with E-state index in [1.807, 2.05) is 6.92 Å². The zero-order valence-electron chi connectivity index (χ0n) is 18.8. The van der Waals surface area contributed by atoms with Crippen LogP contribution in [0.25, 0.3) is 0 Å². The van der Waals surface area contributed by atoms with Crippen molar-refractivity contribution in [1.82, 2.24) is 5.32 Å². The predicted molar refractivity (Wildman–Crippen MR) is 121 cm³/mol. The van der Waals surface area contributed by atoms with Crippen molar-refractivity contribution in [2.45, 2.75) is 116 Å². The summed E-state index contributed by atoms with van der Waals surface area (Å²) in [6.45, 7) is 4.75. The normalized spacial score (nSPS) is 11.8. The molecular formula is C23H44ClNO4. The van der Waals surface area contributed by atoms with Gasteiger partial charge in [0.05, 0.1) is 12.5 Å². The molecule has 0 saturated carbocycles. The van der Waals surface area contributed by atoms with E-state index in [1.165, 1.54) is 70.6 Å². The number of esters is 1. The number of nitrogens with one attached hydrogen (secondary N) is 1. The SMILES string of the molecule is CCCCCCCCCCCCCCCOC(=O)C(CCC)NC(=O)OCCCl. The summed E-state index contributed by atoms with van der Waals surface area (Å²) in [5, 5.41) is 2.56. The van der Waals surface area contributed by atoms with E-state index in [4.69, 9.17) is 21.1 Å². The molecule has 29 heavy (non-hydrogen) atoms. The molecule has 0 bridgehead atoms. The van der Waals surface area contributed by atoms with Crippen molar-refractivity contribution < 1.29 is 19.1 Å². The van der Waals surface area contributed by atoms with E-state index < -0.39 is 12.1 Å². The van der Waals surface area contributed by atoms with Crippen LogP contribution in [-0.2, 0) is 14.3 Å². The summed E-state index contributed by atoms with van der Waals surface area (Å²) in [6.07, 6.45) is 17.4.